The molecule has 0 saturated heterocycles. The lowest BCUT2D eigenvalue weighted by Crippen LogP contribution is -2.39. The summed E-state index contributed by atoms with van der Waals surface area (Å²) >= 11 is 9.72. The van der Waals surface area contributed by atoms with Gasteiger partial charge >= 0.3 is 0 Å². The molecule has 1 aliphatic rings. The summed E-state index contributed by atoms with van der Waals surface area (Å²) in [5.41, 5.74) is 1.16. The zero-order valence-electron chi connectivity index (χ0n) is 11.8. The van der Waals surface area contributed by atoms with Crippen molar-refractivity contribution in [3.05, 3.63) is 33.3 Å². The second kappa shape index (κ2) is 6.57. The van der Waals surface area contributed by atoms with Crippen LogP contribution in [0.2, 0.25) is 5.02 Å². The molecule has 0 aromatic heterocycles. The van der Waals surface area contributed by atoms with Gasteiger partial charge in [-0.3, -0.25) is 4.90 Å². The molecule has 1 aromatic carbocycles. The summed E-state index contributed by atoms with van der Waals surface area (Å²) < 4.78 is 1.02. The Morgan fingerprint density at radius 2 is 2.11 bits per heavy atom. The van der Waals surface area contributed by atoms with Gasteiger partial charge in [0, 0.05) is 34.2 Å². The number of hydrogen-bond acceptors (Lipinski definition) is 2. The first-order valence-corrected chi connectivity index (χ1v) is 8.06. The zero-order valence-corrected chi connectivity index (χ0v) is 14.1. The van der Waals surface area contributed by atoms with Gasteiger partial charge in [0.15, 0.2) is 0 Å². The second-order valence-corrected chi connectivity index (χ2v) is 6.86. The number of hydrogen-bond donors (Lipinski definition) is 1. The highest BCUT2D eigenvalue weighted by Gasteiger charge is 2.29. The molecule has 1 saturated carbocycles. The predicted molar refractivity (Wildman–Crippen MR) is 85.8 cm³/mol. The van der Waals surface area contributed by atoms with Gasteiger partial charge in [-0.05, 0) is 51.4 Å². The van der Waals surface area contributed by atoms with Crippen molar-refractivity contribution in [2.24, 2.45) is 0 Å². The lowest BCUT2D eigenvalue weighted by molar-refractivity contribution is 0.237. The largest absolute Gasteiger partial charge is 0.309 e. The molecule has 0 aliphatic heterocycles. The molecule has 0 heterocycles. The maximum Gasteiger partial charge on any atom is 0.0464 e. The Balaban J connectivity index is 1.87. The number of nitrogens with one attached hydrogen (secondary N) is 1. The summed E-state index contributed by atoms with van der Waals surface area (Å²) in [6.45, 7) is 5.43. The Morgan fingerprint density at radius 3 is 2.68 bits per heavy atom. The Kier molecular flexibility index (Phi) is 5.29. The maximum absolute atomic E-state index is 6.28. The van der Waals surface area contributed by atoms with Gasteiger partial charge in [-0.15, -0.1) is 0 Å². The second-order valence-electron chi connectivity index (χ2n) is 5.54. The monoisotopic (exact) mass is 344 g/mol. The Bertz CT molecular complexity index is 434. The molecule has 4 heteroatoms. The van der Waals surface area contributed by atoms with Crippen molar-refractivity contribution in [3.63, 3.8) is 0 Å². The minimum absolute atomic E-state index is 0.274. The summed E-state index contributed by atoms with van der Waals surface area (Å²) in [5.74, 6) is 0. The van der Waals surface area contributed by atoms with Crippen molar-refractivity contribution < 1.29 is 0 Å². The fraction of sp³-hybridized carbons (Fsp3) is 0.600. The fourth-order valence-corrected chi connectivity index (χ4v) is 3.13. The molecule has 2 nitrogen and oxygen atoms in total. The maximum atomic E-state index is 6.28. The molecule has 2 atom stereocenters. The van der Waals surface area contributed by atoms with E-state index in [1.54, 1.807) is 0 Å². The van der Waals surface area contributed by atoms with E-state index in [0.717, 1.165) is 27.6 Å². The molecule has 1 fully saturated rings. The van der Waals surface area contributed by atoms with Crippen LogP contribution >= 0.6 is 27.5 Å². The Morgan fingerprint density at radius 1 is 1.42 bits per heavy atom. The highest BCUT2D eigenvalue weighted by molar-refractivity contribution is 9.10. The standard InChI is InChI=1S/C15H22BrClN2/c1-10(19(3)13-5-6-13)9-18-11(2)14-7-4-12(16)8-15(14)17/h4,7-8,10-11,13,18H,5-6,9H2,1-3H3. The Hall–Kier alpha value is -0.0900. The van der Waals surface area contributed by atoms with E-state index in [9.17, 15) is 0 Å². The lowest BCUT2D eigenvalue weighted by atomic mass is 10.1. The SMILES string of the molecule is CC(NCC(C)N(C)C1CC1)c1ccc(Br)cc1Cl. The van der Waals surface area contributed by atoms with Crippen LogP contribution in [0.25, 0.3) is 0 Å². The van der Waals surface area contributed by atoms with Crippen molar-refractivity contribution in [2.75, 3.05) is 13.6 Å². The van der Waals surface area contributed by atoms with Crippen molar-refractivity contribution in [1.82, 2.24) is 10.2 Å². The van der Waals surface area contributed by atoms with Crippen LogP contribution < -0.4 is 5.32 Å². The van der Waals surface area contributed by atoms with Crippen LogP contribution in [0.4, 0.5) is 0 Å². The van der Waals surface area contributed by atoms with Crippen molar-refractivity contribution >= 4 is 27.5 Å². The van der Waals surface area contributed by atoms with E-state index in [-0.39, 0.29) is 6.04 Å². The molecular weight excluding hydrogens is 324 g/mol. The van der Waals surface area contributed by atoms with Crippen LogP contribution in [0.5, 0.6) is 0 Å². The number of benzene rings is 1. The minimum atomic E-state index is 0.274. The van der Waals surface area contributed by atoms with Crippen LogP contribution in [0.1, 0.15) is 38.3 Å². The van der Waals surface area contributed by atoms with E-state index < -0.39 is 0 Å². The third-order valence-electron chi connectivity index (χ3n) is 3.97. The van der Waals surface area contributed by atoms with Gasteiger partial charge in [0.1, 0.15) is 0 Å². The highest BCUT2D eigenvalue weighted by atomic mass is 79.9. The average Bonchev–Trinajstić information content (AvgIpc) is 3.18. The van der Waals surface area contributed by atoms with E-state index in [4.69, 9.17) is 11.6 Å². The van der Waals surface area contributed by atoms with Gasteiger partial charge in [-0.25, -0.2) is 0 Å². The van der Waals surface area contributed by atoms with E-state index in [1.807, 2.05) is 12.1 Å². The van der Waals surface area contributed by atoms with E-state index in [2.05, 4.69) is 53.1 Å². The quantitative estimate of drug-likeness (QED) is 0.829. The topological polar surface area (TPSA) is 15.3 Å². The molecule has 0 bridgehead atoms. The number of rotatable bonds is 6. The lowest BCUT2D eigenvalue weighted by Gasteiger charge is -2.26. The summed E-state index contributed by atoms with van der Waals surface area (Å²) in [4.78, 5) is 2.48. The summed E-state index contributed by atoms with van der Waals surface area (Å²) in [6.07, 6.45) is 2.71. The Labute approximate surface area is 129 Å². The first-order chi connectivity index (χ1) is 8.99. The molecule has 106 valence electrons. The number of likely N-dealkylation sites (N-methyl/N-ethyl adjacent to an activating group) is 1. The first kappa shape index (κ1) is 15.3. The van der Waals surface area contributed by atoms with Crippen molar-refractivity contribution in [2.45, 2.75) is 44.8 Å². The molecule has 2 rings (SSSR count). The number of nitrogens with zero attached hydrogens (tertiary/aromatic N) is 1. The average molecular weight is 346 g/mol. The van der Waals surface area contributed by atoms with E-state index in [0.29, 0.717) is 6.04 Å². The molecule has 1 N–H and O–H groups in total. The molecule has 1 aromatic rings. The van der Waals surface area contributed by atoms with Gasteiger partial charge in [-0.1, -0.05) is 33.6 Å². The van der Waals surface area contributed by atoms with Gasteiger partial charge in [-0.2, -0.15) is 0 Å². The summed E-state index contributed by atoms with van der Waals surface area (Å²) in [6, 6.07) is 7.72. The molecule has 0 spiro atoms. The molecule has 2 unspecified atom stereocenters. The summed E-state index contributed by atoms with van der Waals surface area (Å²) in [5, 5.41) is 4.40. The normalized spacial score (nSPS) is 18.6. The van der Waals surface area contributed by atoms with E-state index in [1.165, 1.54) is 12.8 Å². The predicted octanol–water partition coefficient (Wildman–Crippen LogP) is 4.24. The minimum Gasteiger partial charge on any atom is -0.309 e. The van der Waals surface area contributed by atoms with Gasteiger partial charge in [0.25, 0.3) is 0 Å². The third-order valence-corrected chi connectivity index (χ3v) is 4.79. The zero-order chi connectivity index (χ0) is 14.0. The van der Waals surface area contributed by atoms with Crippen molar-refractivity contribution in [1.29, 1.82) is 0 Å². The van der Waals surface area contributed by atoms with Crippen molar-refractivity contribution in [3.8, 4) is 0 Å². The molecular formula is C15H22BrClN2. The molecule has 0 amide bonds. The van der Waals surface area contributed by atoms with Gasteiger partial charge in [0.2, 0.25) is 0 Å². The smallest absolute Gasteiger partial charge is 0.0464 e. The van der Waals surface area contributed by atoms with Gasteiger partial charge < -0.3 is 5.32 Å². The van der Waals surface area contributed by atoms with Crippen LogP contribution in [0.15, 0.2) is 22.7 Å². The van der Waals surface area contributed by atoms with Crippen LogP contribution in [0, 0.1) is 0 Å². The third kappa shape index (κ3) is 4.19. The highest BCUT2D eigenvalue weighted by Crippen LogP contribution is 2.28. The van der Waals surface area contributed by atoms with Gasteiger partial charge in [0.05, 0.1) is 0 Å². The molecule has 1 aliphatic carbocycles. The van der Waals surface area contributed by atoms with E-state index >= 15 is 0 Å². The molecule has 19 heavy (non-hydrogen) atoms. The summed E-state index contributed by atoms with van der Waals surface area (Å²) in [7, 11) is 2.22. The van der Waals surface area contributed by atoms with Crippen LogP contribution in [-0.2, 0) is 0 Å². The fourth-order valence-electron chi connectivity index (χ4n) is 2.30. The first-order valence-electron chi connectivity index (χ1n) is 6.89. The molecule has 0 radical (unpaired) electrons. The van der Waals surface area contributed by atoms with Crippen LogP contribution in [0.3, 0.4) is 0 Å². The number of halogens is 2. The van der Waals surface area contributed by atoms with Crippen LogP contribution in [-0.4, -0.2) is 30.6 Å².